The fourth-order valence-electron chi connectivity index (χ4n) is 4.81. The summed E-state index contributed by atoms with van der Waals surface area (Å²) in [6.07, 6.45) is 8.73. The number of phenols is 2. The molecule has 0 bridgehead atoms. The molecular formula is C37H49N3O6. The van der Waals surface area contributed by atoms with Gasteiger partial charge < -0.3 is 34.1 Å². The van der Waals surface area contributed by atoms with Gasteiger partial charge in [0.2, 0.25) is 0 Å². The first-order valence-electron chi connectivity index (χ1n) is 16.7. The maximum absolute atomic E-state index is 11.3. The normalized spacial score (nSPS) is 14.2. The maximum atomic E-state index is 11.3. The number of ether oxygens (including phenoxy) is 4. The fraction of sp³-hybridized carbons (Fsp3) is 0.459. The minimum Gasteiger partial charge on any atom is -0.507 e. The summed E-state index contributed by atoms with van der Waals surface area (Å²) in [6.45, 7) is 10.8. The first-order chi connectivity index (χ1) is 22.5. The zero-order valence-corrected chi connectivity index (χ0v) is 27.7. The number of nitrogens with zero attached hydrogens (tertiary/aromatic N) is 3. The van der Waals surface area contributed by atoms with E-state index >= 15 is 0 Å². The molecule has 1 aliphatic heterocycles. The van der Waals surface area contributed by atoms with Gasteiger partial charge in [0.05, 0.1) is 44.0 Å². The molecule has 0 aromatic heterocycles. The number of phenolic OH excluding ortho intramolecular Hbond substituents is 2. The van der Waals surface area contributed by atoms with Crippen molar-refractivity contribution in [3.05, 3.63) is 65.7 Å². The first kappa shape index (κ1) is 34.5. The number of anilines is 1. The molecule has 9 heteroatoms. The molecule has 0 saturated heterocycles. The number of hydrogen-bond acceptors (Lipinski definition) is 9. The van der Waals surface area contributed by atoms with E-state index in [4.69, 9.17) is 23.9 Å². The third-order valence-electron chi connectivity index (χ3n) is 7.57. The van der Waals surface area contributed by atoms with Gasteiger partial charge in [-0.3, -0.25) is 0 Å². The van der Waals surface area contributed by atoms with Crippen LogP contribution in [0.3, 0.4) is 0 Å². The molecule has 0 spiro atoms. The first-order valence-corrected chi connectivity index (χ1v) is 16.7. The summed E-state index contributed by atoms with van der Waals surface area (Å²) >= 11 is 0. The van der Waals surface area contributed by atoms with Crippen molar-refractivity contribution in [1.82, 2.24) is 0 Å². The van der Waals surface area contributed by atoms with E-state index in [0.717, 1.165) is 62.8 Å². The molecule has 46 heavy (non-hydrogen) atoms. The van der Waals surface area contributed by atoms with Gasteiger partial charge in [-0.25, -0.2) is 9.98 Å². The quantitative estimate of drug-likeness (QED) is 0.127. The zero-order valence-electron chi connectivity index (χ0n) is 27.7. The molecule has 4 rings (SSSR count). The van der Waals surface area contributed by atoms with E-state index in [0.29, 0.717) is 60.6 Å². The largest absolute Gasteiger partial charge is 0.507 e. The minimum atomic E-state index is -0.725. The van der Waals surface area contributed by atoms with E-state index in [1.807, 2.05) is 35.2 Å². The van der Waals surface area contributed by atoms with Crippen molar-refractivity contribution < 1.29 is 29.2 Å². The van der Waals surface area contributed by atoms with Gasteiger partial charge in [-0.05, 0) is 62.1 Å². The summed E-state index contributed by atoms with van der Waals surface area (Å²) in [7, 11) is 0. The Labute approximate surface area is 273 Å². The van der Waals surface area contributed by atoms with E-state index in [1.165, 1.54) is 0 Å². The van der Waals surface area contributed by atoms with E-state index < -0.39 is 6.17 Å². The molecule has 1 atom stereocenters. The van der Waals surface area contributed by atoms with Crippen LogP contribution in [-0.4, -0.2) is 48.8 Å². The Bertz CT molecular complexity index is 1460. The fourth-order valence-corrected chi connectivity index (χ4v) is 4.81. The van der Waals surface area contributed by atoms with Gasteiger partial charge in [-0.2, -0.15) is 0 Å². The summed E-state index contributed by atoms with van der Waals surface area (Å²) in [4.78, 5) is 11.5. The third kappa shape index (κ3) is 9.31. The molecule has 1 unspecified atom stereocenters. The number of amidine groups is 1. The molecule has 0 aliphatic carbocycles. The zero-order chi connectivity index (χ0) is 32.7. The minimum absolute atomic E-state index is 0.0122. The van der Waals surface area contributed by atoms with Crippen LogP contribution >= 0.6 is 0 Å². The molecule has 1 heterocycles. The number of hydrogen-bond donors (Lipinski definition) is 2. The summed E-state index contributed by atoms with van der Waals surface area (Å²) in [5.74, 6) is 2.91. The number of rotatable bonds is 19. The van der Waals surface area contributed by atoms with Gasteiger partial charge in [0.15, 0.2) is 12.0 Å². The highest BCUT2D eigenvalue weighted by Crippen LogP contribution is 2.42. The summed E-state index contributed by atoms with van der Waals surface area (Å²) in [5, 5.41) is 22.3. The molecular weight excluding hydrogens is 582 g/mol. The Balaban J connectivity index is 1.73. The average molecular weight is 632 g/mol. The monoisotopic (exact) mass is 631 g/mol. The summed E-state index contributed by atoms with van der Waals surface area (Å²) in [6, 6.07) is 16.2. The third-order valence-corrected chi connectivity index (χ3v) is 7.57. The van der Waals surface area contributed by atoms with Crippen LogP contribution in [0.1, 0.15) is 96.4 Å². The Kier molecular flexibility index (Phi) is 13.4. The van der Waals surface area contributed by atoms with Crippen LogP contribution in [0.5, 0.6) is 34.5 Å². The molecule has 248 valence electrons. The van der Waals surface area contributed by atoms with E-state index in [9.17, 15) is 10.2 Å². The van der Waals surface area contributed by atoms with Crippen molar-refractivity contribution in [3.63, 3.8) is 0 Å². The van der Waals surface area contributed by atoms with Gasteiger partial charge in [0.1, 0.15) is 34.5 Å². The lowest BCUT2D eigenvalue weighted by molar-refractivity contribution is 0.294. The second-order valence-corrected chi connectivity index (χ2v) is 11.3. The van der Waals surface area contributed by atoms with Crippen LogP contribution in [0.15, 0.2) is 64.6 Å². The van der Waals surface area contributed by atoms with Gasteiger partial charge in [-0.1, -0.05) is 53.4 Å². The van der Waals surface area contributed by atoms with E-state index in [1.54, 1.807) is 30.6 Å². The Morgan fingerprint density at radius 1 is 0.630 bits per heavy atom. The Morgan fingerprint density at radius 3 is 1.72 bits per heavy atom. The van der Waals surface area contributed by atoms with Crippen LogP contribution in [0.4, 0.5) is 5.69 Å². The number of unbranched alkanes of at least 4 members (excludes halogenated alkanes) is 4. The highest BCUT2D eigenvalue weighted by Gasteiger charge is 2.29. The molecule has 2 N–H and O–H groups in total. The number of aliphatic imine (C=N–C) groups is 2. The molecule has 3 aromatic carbocycles. The molecule has 0 amide bonds. The van der Waals surface area contributed by atoms with Crippen molar-refractivity contribution in [3.8, 4) is 34.5 Å². The van der Waals surface area contributed by atoms with E-state index in [-0.39, 0.29) is 11.5 Å². The van der Waals surface area contributed by atoms with Gasteiger partial charge >= 0.3 is 0 Å². The topological polar surface area (TPSA) is 105 Å². The molecule has 3 aromatic rings. The smallest absolute Gasteiger partial charge is 0.162 e. The second-order valence-electron chi connectivity index (χ2n) is 11.3. The molecule has 0 radical (unpaired) electrons. The number of aromatic hydroxyl groups is 2. The van der Waals surface area contributed by atoms with Crippen LogP contribution in [-0.2, 0) is 0 Å². The maximum Gasteiger partial charge on any atom is 0.162 e. The lowest BCUT2D eigenvalue weighted by Gasteiger charge is -2.32. The summed E-state index contributed by atoms with van der Waals surface area (Å²) < 4.78 is 23.9. The predicted molar refractivity (Wildman–Crippen MR) is 185 cm³/mol. The van der Waals surface area contributed by atoms with Gasteiger partial charge in [-0.15, -0.1) is 0 Å². The lowest BCUT2D eigenvalue weighted by atomic mass is 10.1. The average Bonchev–Trinajstić information content (AvgIpc) is 3.05. The lowest BCUT2D eigenvalue weighted by Crippen LogP contribution is -2.31. The predicted octanol–water partition coefficient (Wildman–Crippen LogP) is 8.81. The molecule has 0 saturated carbocycles. The molecule has 9 nitrogen and oxygen atoms in total. The van der Waals surface area contributed by atoms with Crippen LogP contribution in [0.25, 0.3) is 0 Å². The highest BCUT2D eigenvalue weighted by atomic mass is 16.5. The van der Waals surface area contributed by atoms with Crippen molar-refractivity contribution in [2.75, 3.05) is 31.3 Å². The van der Waals surface area contributed by atoms with E-state index in [2.05, 4.69) is 32.7 Å². The summed E-state index contributed by atoms with van der Waals surface area (Å²) in [5.41, 5.74) is 1.73. The van der Waals surface area contributed by atoms with Crippen molar-refractivity contribution in [1.29, 1.82) is 0 Å². The van der Waals surface area contributed by atoms with Crippen molar-refractivity contribution in [2.24, 2.45) is 9.98 Å². The van der Waals surface area contributed by atoms with Crippen molar-refractivity contribution >= 4 is 17.9 Å². The number of benzene rings is 3. The highest BCUT2D eigenvalue weighted by molar-refractivity contribution is 6.08. The Morgan fingerprint density at radius 2 is 1.15 bits per heavy atom. The van der Waals surface area contributed by atoms with Crippen LogP contribution in [0.2, 0.25) is 0 Å². The second kappa shape index (κ2) is 17.9. The Hall–Kier alpha value is -4.40. The van der Waals surface area contributed by atoms with Crippen LogP contribution in [0, 0.1) is 0 Å². The van der Waals surface area contributed by atoms with Gasteiger partial charge in [0.25, 0.3) is 0 Å². The molecule has 0 fully saturated rings. The SMILES string of the molecule is CCCCOc1ccc(C2=NC(c3ccc(OCCCC)cc3O)N(c3ccc(OCCCC)cc3OCCCC)C=N2)c(O)c1. The van der Waals surface area contributed by atoms with Crippen LogP contribution < -0.4 is 23.8 Å². The standard InChI is InChI=1S/C37H49N3O6/c1-5-9-19-43-27-13-16-30(33(41)23-27)36-38-26-40(37(39-36)31-17-14-28(24-34(31)42)44-20-10-6-2)32-18-15-29(45-21-11-7-3)25-35(32)46-22-12-8-4/h13-18,23-26,37,41-42H,5-12,19-22H2,1-4H3. The molecule has 1 aliphatic rings. The van der Waals surface area contributed by atoms with Gasteiger partial charge in [0, 0.05) is 23.8 Å². The van der Waals surface area contributed by atoms with Crippen molar-refractivity contribution in [2.45, 2.75) is 85.2 Å².